The van der Waals surface area contributed by atoms with Crippen molar-refractivity contribution in [2.75, 3.05) is 0 Å². The lowest BCUT2D eigenvalue weighted by molar-refractivity contribution is -0.122. The van der Waals surface area contributed by atoms with Crippen LogP contribution in [0.2, 0.25) is 0 Å². The molecule has 0 aliphatic heterocycles. The van der Waals surface area contributed by atoms with Gasteiger partial charge in [0.25, 0.3) is 0 Å². The molecule has 1 aromatic carbocycles. The number of hydrogen-bond donors (Lipinski definition) is 3. The van der Waals surface area contributed by atoms with E-state index in [2.05, 4.69) is 5.32 Å². The number of carbonyl (C=O) groups excluding carboxylic acids is 1. The maximum Gasteiger partial charge on any atom is 0.224 e. The third kappa shape index (κ3) is 4.04. The van der Waals surface area contributed by atoms with Gasteiger partial charge in [0.15, 0.2) is 0 Å². The van der Waals surface area contributed by atoms with E-state index in [4.69, 9.17) is 5.73 Å². The number of aliphatic hydroxyl groups is 1. The Kier molecular flexibility index (Phi) is 4.93. The second-order valence-corrected chi connectivity index (χ2v) is 5.22. The highest BCUT2D eigenvalue weighted by atomic mass is 16.3. The fourth-order valence-corrected chi connectivity index (χ4v) is 2.52. The van der Waals surface area contributed by atoms with Crippen LogP contribution in [0.5, 0.6) is 0 Å². The van der Waals surface area contributed by atoms with Gasteiger partial charge in [-0.2, -0.15) is 0 Å². The van der Waals surface area contributed by atoms with Crippen molar-refractivity contribution in [3.63, 3.8) is 0 Å². The smallest absolute Gasteiger partial charge is 0.224 e. The Balaban J connectivity index is 1.86. The Labute approximate surface area is 114 Å². The van der Waals surface area contributed by atoms with Crippen LogP contribution in [-0.2, 0) is 17.8 Å². The molecule has 4 N–H and O–H groups in total. The highest BCUT2D eigenvalue weighted by molar-refractivity contribution is 5.78. The summed E-state index contributed by atoms with van der Waals surface area (Å²) in [7, 11) is 0. The molecule has 0 radical (unpaired) electrons. The average molecular weight is 262 g/mol. The SMILES string of the molecule is NCc1ccc(CC(=O)N[C@H]2CCCC[C@@H]2O)cc1. The molecule has 2 atom stereocenters. The van der Waals surface area contributed by atoms with E-state index in [1.807, 2.05) is 24.3 Å². The zero-order valence-corrected chi connectivity index (χ0v) is 11.1. The summed E-state index contributed by atoms with van der Waals surface area (Å²) < 4.78 is 0. The summed E-state index contributed by atoms with van der Waals surface area (Å²) >= 11 is 0. The van der Waals surface area contributed by atoms with E-state index in [9.17, 15) is 9.90 Å². The first-order chi connectivity index (χ1) is 9.19. The molecule has 104 valence electrons. The van der Waals surface area contributed by atoms with Crippen LogP contribution in [0.15, 0.2) is 24.3 Å². The zero-order chi connectivity index (χ0) is 13.7. The van der Waals surface area contributed by atoms with Crippen molar-refractivity contribution in [2.45, 2.75) is 50.8 Å². The van der Waals surface area contributed by atoms with Crippen molar-refractivity contribution < 1.29 is 9.90 Å². The number of carbonyl (C=O) groups is 1. The third-order valence-electron chi connectivity index (χ3n) is 3.70. The molecule has 1 aromatic rings. The molecule has 1 fully saturated rings. The lowest BCUT2D eigenvalue weighted by Crippen LogP contribution is -2.45. The summed E-state index contributed by atoms with van der Waals surface area (Å²) in [5, 5.41) is 12.8. The molecule has 0 saturated heterocycles. The standard InChI is InChI=1S/C15H22N2O2/c16-10-12-7-5-11(6-8-12)9-15(19)17-13-3-1-2-4-14(13)18/h5-8,13-14,18H,1-4,9-10,16H2,(H,17,19)/t13-,14-/m0/s1. The first-order valence-electron chi connectivity index (χ1n) is 6.94. The van der Waals surface area contributed by atoms with Gasteiger partial charge >= 0.3 is 0 Å². The molecular formula is C15H22N2O2. The number of hydrogen-bond acceptors (Lipinski definition) is 3. The van der Waals surface area contributed by atoms with Gasteiger partial charge < -0.3 is 16.2 Å². The molecule has 1 aliphatic carbocycles. The molecule has 1 aliphatic rings. The number of benzene rings is 1. The Morgan fingerprint density at radius 2 is 1.84 bits per heavy atom. The molecule has 2 rings (SSSR count). The summed E-state index contributed by atoms with van der Waals surface area (Å²) in [6, 6.07) is 7.67. The van der Waals surface area contributed by atoms with Gasteiger partial charge in [0.1, 0.15) is 0 Å². The van der Waals surface area contributed by atoms with Gasteiger partial charge in [0.2, 0.25) is 5.91 Å². The lowest BCUT2D eigenvalue weighted by Gasteiger charge is -2.28. The van der Waals surface area contributed by atoms with Crippen molar-refractivity contribution in [2.24, 2.45) is 5.73 Å². The Bertz CT molecular complexity index is 417. The molecule has 1 amide bonds. The number of rotatable bonds is 4. The predicted molar refractivity (Wildman–Crippen MR) is 74.4 cm³/mol. The number of nitrogens with two attached hydrogens (primary N) is 1. The van der Waals surface area contributed by atoms with Crippen LogP contribution in [0.3, 0.4) is 0 Å². The predicted octanol–water partition coefficient (Wildman–Crippen LogP) is 1.11. The van der Waals surface area contributed by atoms with E-state index in [0.717, 1.165) is 36.8 Å². The van der Waals surface area contributed by atoms with Gasteiger partial charge in [-0.05, 0) is 24.0 Å². The maximum absolute atomic E-state index is 11.9. The van der Waals surface area contributed by atoms with E-state index in [-0.39, 0.29) is 11.9 Å². The van der Waals surface area contributed by atoms with Crippen LogP contribution in [0.1, 0.15) is 36.8 Å². The Hall–Kier alpha value is -1.39. The molecule has 19 heavy (non-hydrogen) atoms. The van der Waals surface area contributed by atoms with Crippen LogP contribution in [0.4, 0.5) is 0 Å². The van der Waals surface area contributed by atoms with Crippen LogP contribution >= 0.6 is 0 Å². The minimum absolute atomic E-state index is 0.0218. The lowest BCUT2D eigenvalue weighted by atomic mass is 9.92. The van der Waals surface area contributed by atoms with Crippen LogP contribution in [0, 0.1) is 0 Å². The van der Waals surface area contributed by atoms with E-state index in [1.54, 1.807) is 0 Å². The molecule has 0 heterocycles. The van der Waals surface area contributed by atoms with Crippen LogP contribution in [-0.4, -0.2) is 23.2 Å². The quantitative estimate of drug-likeness (QED) is 0.761. The summed E-state index contributed by atoms with van der Waals surface area (Å²) in [6.45, 7) is 0.515. The molecule has 1 saturated carbocycles. The molecule has 4 nitrogen and oxygen atoms in total. The summed E-state index contributed by atoms with van der Waals surface area (Å²) in [5.41, 5.74) is 7.57. The molecular weight excluding hydrogens is 240 g/mol. The van der Waals surface area contributed by atoms with Crippen molar-refractivity contribution in [1.29, 1.82) is 0 Å². The molecule has 0 spiro atoms. The van der Waals surface area contributed by atoms with Gasteiger partial charge in [0.05, 0.1) is 18.6 Å². The number of nitrogens with one attached hydrogen (secondary N) is 1. The van der Waals surface area contributed by atoms with Crippen LogP contribution < -0.4 is 11.1 Å². The van der Waals surface area contributed by atoms with Crippen molar-refractivity contribution in [3.05, 3.63) is 35.4 Å². The first kappa shape index (κ1) is 14.0. The Morgan fingerprint density at radius 3 is 2.47 bits per heavy atom. The minimum Gasteiger partial charge on any atom is -0.391 e. The minimum atomic E-state index is -0.391. The van der Waals surface area contributed by atoms with Gasteiger partial charge in [-0.1, -0.05) is 37.1 Å². The number of amides is 1. The van der Waals surface area contributed by atoms with E-state index in [1.165, 1.54) is 0 Å². The molecule has 0 aromatic heterocycles. The Morgan fingerprint density at radius 1 is 1.21 bits per heavy atom. The fraction of sp³-hybridized carbons (Fsp3) is 0.533. The second kappa shape index (κ2) is 6.68. The largest absolute Gasteiger partial charge is 0.391 e. The maximum atomic E-state index is 11.9. The highest BCUT2D eigenvalue weighted by Crippen LogP contribution is 2.18. The van der Waals surface area contributed by atoms with Gasteiger partial charge in [-0.25, -0.2) is 0 Å². The van der Waals surface area contributed by atoms with Gasteiger partial charge in [-0.15, -0.1) is 0 Å². The molecule has 0 unspecified atom stereocenters. The van der Waals surface area contributed by atoms with E-state index in [0.29, 0.717) is 13.0 Å². The van der Waals surface area contributed by atoms with Crippen molar-refractivity contribution in [3.8, 4) is 0 Å². The van der Waals surface area contributed by atoms with Crippen molar-refractivity contribution in [1.82, 2.24) is 5.32 Å². The second-order valence-electron chi connectivity index (χ2n) is 5.22. The van der Waals surface area contributed by atoms with Crippen LogP contribution in [0.25, 0.3) is 0 Å². The van der Waals surface area contributed by atoms with Gasteiger partial charge in [-0.3, -0.25) is 4.79 Å². The monoisotopic (exact) mass is 262 g/mol. The summed E-state index contributed by atoms with van der Waals surface area (Å²) in [4.78, 5) is 11.9. The van der Waals surface area contributed by atoms with Crippen molar-refractivity contribution >= 4 is 5.91 Å². The first-order valence-corrected chi connectivity index (χ1v) is 6.94. The normalized spacial score (nSPS) is 23.1. The topological polar surface area (TPSA) is 75.4 Å². The number of aliphatic hydroxyl groups excluding tert-OH is 1. The molecule has 4 heteroatoms. The summed E-state index contributed by atoms with van der Waals surface area (Å²) in [6.07, 6.45) is 3.75. The average Bonchev–Trinajstić information content (AvgIpc) is 2.42. The highest BCUT2D eigenvalue weighted by Gasteiger charge is 2.24. The van der Waals surface area contributed by atoms with E-state index < -0.39 is 6.10 Å². The fourth-order valence-electron chi connectivity index (χ4n) is 2.52. The van der Waals surface area contributed by atoms with E-state index >= 15 is 0 Å². The zero-order valence-electron chi connectivity index (χ0n) is 11.1. The molecule has 0 bridgehead atoms. The summed E-state index contributed by atoms with van der Waals surface area (Å²) in [5.74, 6) is -0.0218. The van der Waals surface area contributed by atoms with Gasteiger partial charge in [0, 0.05) is 6.54 Å². The third-order valence-corrected chi connectivity index (χ3v) is 3.70.